The average Bonchev–Trinajstić information content (AvgIpc) is 2.18. The summed E-state index contributed by atoms with van der Waals surface area (Å²) in [6, 6.07) is 8.36. The fourth-order valence-electron chi connectivity index (χ4n) is 1.25. The molecule has 1 atom stereocenters. The van der Waals surface area contributed by atoms with E-state index in [-0.39, 0.29) is 0 Å². The Kier molecular flexibility index (Phi) is 4.99. The van der Waals surface area contributed by atoms with Crippen LogP contribution in [0.25, 0.3) is 0 Å². The third-order valence-electron chi connectivity index (χ3n) is 2.12. The van der Waals surface area contributed by atoms with E-state index in [9.17, 15) is 4.21 Å². The normalized spacial score (nSPS) is 13.1. The molecule has 0 saturated carbocycles. The molecule has 84 valence electrons. The zero-order valence-corrected chi connectivity index (χ0v) is 10.4. The van der Waals surface area contributed by atoms with Gasteiger partial charge in [-0.05, 0) is 19.1 Å². The first-order valence-corrected chi connectivity index (χ1v) is 6.60. The fourth-order valence-corrected chi connectivity index (χ4v) is 2.23. The Morgan fingerprint density at radius 3 is 2.40 bits per heavy atom. The van der Waals surface area contributed by atoms with Crippen molar-refractivity contribution < 1.29 is 4.21 Å². The van der Waals surface area contributed by atoms with Crippen LogP contribution in [0, 0.1) is 6.92 Å². The second-order valence-corrected chi connectivity index (χ2v) is 5.54. The second kappa shape index (κ2) is 6.03. The highest BCUT2D eigenvalue weighted by atomic mass is 32.2. The summed E-state index contributed by atoms with van der Waals surface area (Å²) < 4.78 is 11.8. The molecule has 0 heterocycles. The number of nitrogens with one attached hydrogen (secondary N) is 1. The maximum absolute atomic E-state index is 11.8. The Hall–Kier alpha value is -0.670. The van der Waals surface area contributed by atoms with E-state index in [0.717, 1.165) is 11.4 Å². The molecule has 0 aliphatic carbocycles. The number of hydrogen-bond donors (Lipinski definition) is 1. The third-order valence-corrected chi connectivity index (χ3v) is 3.50. The summed E-state index contributed by atoms with van der Waals surface area (Å²) in [5.74, 6) is 0.682. The first-order valence-electron chi connectivity index (χ1n) is 5.28. The quantitative estimate of drug-likeness (QED) is 0.831. The van der Waals surface area contributed by atoms with Crippen molar-refractivity contribution in [3.63, 3.8) is 0 Å². The monoisotopic (exact) mass is 225 g/mol. The molecular formula is C12H19NOS. The van der Waals surface area contributed by atoms with E-state index >= 15 is 0 Å². The van der Waals surface area contributed by atoms with Crippen molar-refractivity contribution in [1.82, 2.24) is 5.32 Å². The molecule has 0 aromatic heterocycles. The van der Waals surface area contributed by atoms with Crippen LogP contribution in [0.1, 0.15) is 19.4 Å². The van der Waals surface area contributed by atoms with Crippen molar-refractivity contribution in [3.05, 3.63) is 29.8 Å². The molecule has 3 heteroatoms. The van der Waals surface area contributed by atoms with Crippen LogP contribution in [0.4, 0.5) is 0 Å². The van der Waals surface area contributed by atoms with Crippen LogP contribution in [0.3, 0.4) is 0 Å². The van der Waals surface area contributed by atoms with Gasteiger partial charge in [0.1, 0.15) is 0 Å². The summed E-state index contributed by atoms with van der Waals surface area (Å²) in [4.78, 5) is 0.922. The van der Waals surface area contributed by atoms with Crippen LogP contribution >= 0.6 is 0 Å². The molecule has 0 bridgehead atoms. The number of aryl methyl sites for hydroxylation is 1. The highest BCUT2D eigenvalue weighted by Crippen LogP contribution is 2.07. The molecule has 0 aliphatic heterocycles. The Morgan fingerprint density at radius 1 is 1.27 bits per heavy atom. The van der Waals surface area contributed by atoms with Crippen LogP contribution in [0.5, 0.6) is 0 Å². The number of hydrogen-bond acceptors (Lipinski definition) is 2. The fraction of sp³-hybridized carbons (Fsp3) is 0.500. The summed E-state index contributed by atoms with van der Waals surface area (Å²) in [6.07, 6.45) is 0. The van der Waals surface area contributed by atoms with Gasteiger partial charge in [-0.2, -0.15) is 0 Å². The van der Waals surface area contributed by atoms with Gasteiger partial charge in [0.15, 0.2) is 0 Å². The van der Waals surface area contributed by atoms with Gasteiger partial charge in [0.05, 0.1) is 10.8 Å². The van der Waals surface area contributed by atoms with E-state index in [4.69, 9.17) is 0 Å². The van der Waals surface area contributed by atoms with Crippen LogP contribution < -0.4 is 5.32 Å². The van der Waals surface area contributed by atoms with Gasteiger partial charge in [0, 0.05) is 23.2 Å². The molecule has 1 unspecified atom stereocenters. The first-order chi connectivity index (χ1) is 7.09. The number of benzene rings is 1. The van der Waals surface area contributed by atoms with Gasteiger partial charge < -0.3 is 5.32 Å². The molecule has 1 rings (SSSR count). The molecule has 0 fully saturated rings. The largest absolute Gasteiger partial charge is 0.314 e. The molecular weight excluding hydrogens is 206 g/mol. The topological polar surface area (TPSA) is 29.1 Å². The van der Waals surface area contributed by atoms with E-state index in [1.807, 2.05) is 31.2 Å². The molecule has 15 heavy (non-hydrogen) atoms. The minimum Gasteiger partial charge on any atom is -0.314 e. The zero-order chi connectivity index (χ0) is 11.3. The lowest BCUT2D eigenvalue weighted by Gasteiger charge is -2.07. The lowest BCUT2D eigenvalue weighted by atomic mass is 10.2. The van der Waals surface area contributed by atoms with Gasteiger partial charge in [-0.15, -0.1) is 0 Å². The first kappa shape index (κ1) is 12.4. The standard InChI is InChI=1S/C12H19NOS/c1-10(2)13-8-9-15(14)12-6-4-11(3)5-7-12/h4-7,10,13H,8-9H2,1-3H3. The van der Waals surface area contributed by atoms with Gasteiger partial charge in [-0.25, -0.2) is 0 Å². The molecule has 0 amide bonds. The zero-order valence-electron chi connectivity index (χ0n) is 9.62. The smallest absolute Gasteiger partial charge is 0.0542 e. The van der Waals surface area contributed by atoms with Crippen LogP contribution in [-0.2, 0) is 10.8 Å². The summed E-state index contributed by atoms with van der Waals surface area (Å²) in [5.41, 5.74) is 1.20. The molecule has 0 radical (unpaired) electrons. The van der Waals surface area contributed by atoms with Crippen LogP contribution in [0.15, 0.2) is 29.2 Å². The maximum atomic E-state index is 11.8. The molecule has 2 nitrogen and oxygen atoms in total. The number of rotatable bonds is 5. The van der Waals surface area contributed by atoms with Crippen LogP contribution in [0.2, 0.25) is 0 Å². The minimum atomic E-state index is -0.871. The molecule has 1 aromatic carbocycles. The average molecular weight is 225 g/mol. The van der Waals surface area contributed by atoms with Crippen molar-refractivity contribution in [2.24, 2.45) is 0 Å². The summed E-state index contributed by atoms with van der Waals surface area (Å²) in [5, 5.41) is 3.26. The predicted molar refractivity (Wildman–Crippen MR) is 65.6 cm³/mol. The molecule has 0 aliphatic rings. The third kappa shape index (κ3) is 4.58. The molecule has 1 N–H and O–H groups in total. The van der Waals surface area contributed by atoms with Crippen molar-refractivity contribution in [2.45, 2.75) is 31.7 Å². The van der Waals surface area contributed by atoms with Gasteiger partial charge >= 0.3 is 0 Å². The van der Waals surface area contributed by atoms with Gasteiger partial charge in [0.2, 0.25) is 0 Å². The van der Waals surface area contributed by atoms with E-state index in [1.54, 1.807) is 0 Å². The SMILES string of the molecule is Cc1ccc(S(=O)CCNC(C)C)cc1. The highest BCUT2D eigenvalue weighted by molar-refractivity contribution is 7.85. The summed E-state index contributed by atoms with van der Waals surface area (Å²) in [6.45, 7) is 7.02. The van der Waals surface area contributed by atoms with Gasteiger partial charge in [-0.3, -0.25) is 4.21 Å². The van der Waals surface area contributed by atoms with Gasteiger partial charge in [0.25, 0.3) is 0 Å². The molecule has 1 aromatic rings. The molecule has 0 spiro atoms. The summed E-state index contributed by atoms with van der Waals surface area (Å²) in [7, 11) is -0.871. The van der Waals surface area contributed by atoms with E-state index in [0.29, 0.717) is 11.8 Å². The van der Waals surface area contributed by atoms with Crippen molar-refractivity contribution in [1.29, 1.82) is 0 Å². The van der Waals surface area contributed by atoms with E-state index < -0.39 is 10.8 Å². The Bertz CT molecular complexity index is 319. The van der Waals surface area contributed by atoms with E-state index in [2.05, 4.69) is 19.2 Å². The van der Waals surface area contributed by atoms with Crippen molar-refractivity contribution in [2.75, 3.05) is 12.3 Å². The Balaban J connectivity index is 2.43. The lowest BCUT2D eigenvalue weighted by molar-refractivity contribution is 0.610. The highest BCUT2D eigenvalue weighted by Gasteiger charge is 2.03. The van der Waals surface area contributed by atoms with E-state index in [1.165, 1.54) is 5.56 Å². The predicted octanol–water partition coefficient (Wildman–Crippen LogP) is 2.10. The Labute approximate surface area is 94.5 Å². The Morgan fingerprint density at radius 2 is 1.87 bits per heavy atom. The minimum absolute atomic E-state index is 0.458. The van der Waals surface area contributed by atoms with Gasteiger partial charge in [-0.1, -0.05) is 31.5 Å². The maximum Gasteiger partial charge on any atom is 0.0542 e. The lowest BCUT2D eigenvalue weighted by Crippen LogP contribution is -2.27. The van der Waals surface area contributed by atoms with Crippen molar-refractivity contribution in [3.8, 4) is 0 Å². The molecule has 0 saturated heterocycles. The van der Waals surface area contributed by atoms with Crippen molar-refractivity contribution >= 4 is 10.8 Å². The second-order valence-electron chi connectivity index (χ2n) is 3.97. The summed E-state index contributed by atoms with van der Waals surface area (Å²) >= 11 is 0. The van der Waals surface area contributed by atoms with Crippen LogP contribution in [-0.4, -0.2) is 22.5 Å².